The van der Waals surface area contributed by atoms with E-state index in [9.17, 15) is 14.9 Å². The van der Waals surface area contributed by atoms with Gasteiger partial charge in [0.15, 0.2) is 5.13 Å². The van der Waals surface area contributed by atoms with Gasteiger partial charge in [-0.2, -0.15) is 0 Å². The molecule has 1 N–H and O–H groups in total. The first-order valence-corrected chi connectivity index (χ1v) is 9.81. The summed E-state index contributed by atoms with van der Waals surface area (Å²) in [6.07, 6.45) is 0. The first kappa shape index (κ1) is 19.3. The molecular weight excluding hydrogens is 402 g/mol. The van der Waals surface area contributed by atoms with E-state index in [1.165, 1.54) is 35.6 Å². The van der Waals surface area contributed by atoms with Crippen molar-refractivity contribution in [2.75, 3.05) is 5.32 Å². The van der Waals surface area contributed by atoms with Crippen LogP contribution in [-0.2, 0) is 0 Å². The minimum absolute atomic E-state index is 0.139. The summed E-state index contributed by atoms with van der Waals surface area (Å²) in [5.74, 6) is 1.01. The lowest BCUT2D eigenvalue weighted by atomic mass is 10.2. The van der Waals surface area contributed by atoms with Gasteiger partial charge in [0.05, 0.1) is 10.6 Å². The van der Waals surface area contributed by atoms with Crippen LogP contribution in [0.2, 0.25) is 0 Å². The molecule has 0 fully saturated rings. The number of carbonyl (C=O) groups is 1. The molecule has 0 aliphatic heterocycles. The topological polar surface area (TPSA) is 94.4 Å². The van der Waals surface area contributed by atoms with Crippen molar-refractivity contribution < 1.29 is 14.5 Å². The average molecular weight is 417 g/mol. The molecule has 0 atom stereocenters. The van der Waals surface area contributed by atoms with E-state index >= 15 is 0 Å². The van der Waals surface area contributed by atoms with Gasteiger partial charge in [-0.05, 0) is 42.5 Å². The lowest BCUT2D eigenvalue weighted by Gasteiger charge is -2.05. The first-order valence-electron chi connectivity index (χ1n) is 8.93. The third-order valence-electron chi connectivity index (χ3n) is 4.17. The number of thiazole rings is 1. The fourth-order valence-corrected chi connectivity index (χ4v) is 3.43. The van der Waals surface area contributed by atoms with Gasteiger partial charge in [0.1, 0.15) is 11.5 Å². The number of amides is 1. The van der Waals surface area contributed by atoms with E-state index in [4.69, 9.17) is 4.74 Å². The number of hydrogen-bond acceptors (Lipinski definition) is 6. The largest absolute Gasteiger partial charge is 0.457 e. The standard InChI is InChI=1S/C22H15N3O4S/c26-21(16-5-4-6-17(13-16)25(27)28)24-22-23-20(14-30-22)15-9-11-19(12-10-15)29-18-7-2-1-3-8-18/h1-14H,(H,23,24,26). The fraction of sp³-hybridized carbons (Fsp3) is 0. The molecule has 0 aliphatic rings. The molecule has 4 rings (SSSR count). The molecule has 0 saturated carbocycles. The zero-order chi connectivity index (χ0) is 20.9. The second-order valence-electron chi connectivity index (χ2n) is 6.24. The summed E-state index contributed by atoms with van der Waals surface area (Å²) in [6, 6.07) is 22.5. The number of benzene rings is 3. The first-order chi connectivity index (χ1) is 14.6. The van der Waals surface area contributed by atoms with E-state index in [0.29, 0.717) is 16.6 Å². The molecule has 0 spiro atoms. The van der Waals surface area contributed by atoms with Gasteiger partial charge >= 0.3 is 0 Å². The SMILES string of the molecule is O=C(Nc1nc(-c2ccc(Oc3ccccc3)cc2)cs1)c1cccc([N+](=O)[O-])c1. The second kappa shape index (κ2) is 8.54. The van der Waals surface area contributed by atoms with Crippen LogP contribution in [0.15, 0.2) is 84.2 Å². The summed E-state index contributed by atoms with van der Waals surface area (Å²) in [4.78, 5) is 27.1. The quantitative estimate of drug-likeness (QED) is 0.318. The number of hydrogen-bond donors (Lipinski definition) is 1. The Morgan fingerprint density at radius 3 is 2.43 bits per heavy atom. The molecule has 148 valence electrons. The number of ether oxygens (including phenoxy) is 1. The van der Waals surface area contributed by atoms with E-state index < -0.39 is 10.8 Å². The van der Waals surface area contributed by atoms with Gasteiger partial charge in [0, 0.05) is 28.6 Å². The molecule has 1 aromatic heterocycles. The molecule has 7 nitrogen and oxygen atoms in total. The van der Waals surface area contributed by atoms with Gasteiger partial charge in [-0.15, -0.1) is 11.3 Å². The van der Waals surface area contributed by atoms with Crippen molar-refractivity contribution in [3.8, 4) is 22.8 Å². The van der Waals surface area contributed by atoms with E-state index in [-0.39, 0.29) is 11.3 Å². The smallest absolute Gasteiger partial charge is 0.270 e. The lowest BCUT2D eigenvalue weighted by molar-refractivity contribution is -0.384. The van der Waals surface area contributed by atoms with Crippen LogP contribution >= 0.6 is 11.3 Å². The Bertz CT molecular complexity index is 1190. The molecule has 1 heterocycles. The third-order valence-corrected chi connectivity index (χ3v) is 4.93. The Morgan fingerprint density at radius 2 is 1.70 bits per heavy atom. The van der Waals surface area contributed by atoms with Gasteiger partial charge in [-0.3, -0.25) is 20.2 Å². The van der Waals surface area contributed by atoms with E-state index in [2.05, 4.69) is 10.3 Å². The lowest BCUT2D eigenvalue weighted by Crippen LogP contribution is -2.11. The zero-order valence-electron chi connectivity index (χ0n) is 15.5. The summed E-state index contributed by atoms with van der Waals surface area (Å²) >= 11 is 1.28. The highest BCUT2D eigenvalue weighted by molar-refractivity contribution is 7.14. The van der Waals surface area contributed by atoms with Crippen molar-refractivity contribution in [3.63, 3.8) is 0 Å². The van der Waals surface area contributed by atoms with Crippen molar-refractivity contribution in [2.24, 2.45) is 0 Å². The number of nitrogens with one attached hydrogen (secondary N) is 1. The molecule has 3 aromatic carbocycles. The van der Waals surface area contributed by atoms with Crippen molar-refractivity contribution in [1.82, 2.24) is 4.98 Å². The third kappa shape index (κ3) is 4.50. The maximum Gasteiger partial charge on any atom is 0.270 e. The van der Waals surface area contributed by atoms with Crippen LogP contribution in [0.25, 0.3) is 11.3 Å². The molecular formula is C22H15N3O4S. The monoisotopic (exact) mass is 417 g/mol. The van der Waals surface area contributed by atoms with Crippen molar-refractivity contribution in [2.45, 2.75) is 0 Å². The van der Waals surface area contributed by atoms with Gasteiger partial charge < -0.3 is 4.74 Å². The average Bonchev–Trinajstić information content (AvgIpc) is 3.23. The summed E-state index contributed by atoms with van der Waals surface area (Å²) in [6.45, 7) is 0. The number of aromatic nitrogens is 1. The van der Waals surface area contributed by atoms with Crippen LogP contribution in [0.5, 0.6) is 11.5 Å². The summed E-state index contributed by atoms with van der Waals surface area (Å²) in [5.41, 5.74) is 1.65. The Hall–Kier alpha value is -4.04. The molecule has 0 aliphatic carbocycles. The van der Waals surface area contributed by atoms with Crippen LogP contribution in [0.4, 0.5) is 10.8 Å². The number of rotatable bonds is 6. The molecule has 30 heavy (non-hydrogen) atoms. The van der Waals surface area contributed by atoms with Gasteiger partial charge in [0.25, 0.3) is 11.6 Å². The van der Waals surface area contributed by atoms with Crippen LogP contribution in [0, 0.1) is 10.1 Å². The number of nitrogens with zero attached hydrogens (tertiary/aromatic N) is 2. The Kier molecular flexibility index (Phi) is 5.49. The predicted molar refractivity (Wildman–Crippen MR) is 115 cm³/mol. The van der Waals surface area contributed by atoms with Crippen LogP contribution < -0.4 is 10.1 Å². The predicted octanol–water partition coefficient (Wildman–Crippen LogP) is 5.76. The van der Waals surface area contributed by atoms with E-state index in [1.54, 1.807) is 0 Å². The van der Waals surface area contributed by atoms with Gasteiger partial charge in [-0.25, -0.2) is 4.98 Å². The number of nitro benzene ring substituents is 1. The minimum atomic E-state index is -0.538. The van der Waals surface area contributed by atoms with E-state index in [1.807, 2.05) is 60.0 Å². The van der Waals surface area contributed by atoms with E-state index in [0.717, 1.165) is 11.3 Å². The molecule has 0 saturated heterocycles. The van der Waals surface area contributed by atoms with Crippen molar-refractivity contribution in [3.05, 3.63) is 99.9 Å². The number of para-hydroxylation sites is 1. The number of nitro groups is 1. The van der Waals surface area contributed by atoms with Crippen LogP contribution in [-0.4, -0.2) is 15.8 Å². The minimum Gasteiger partial charge on any atom is -0.457 e. The summed E-state index contributed by atoms with van der Waals surface area (Å²) in [5, 5.41) is 15.8. The molecule has 4 aromatic rings. The Morgan fingerprint density at radius 1 is 0.967 bits per heavy atom. The van der Waals surface area contributed by atoms with Gasteiger partial charge in [0.2, 0.25) is 0 Å². The number of anilines is 1. The van der Waals surface area contributed by atoms with Crippen molar-refractivity contribution in [1.29, 1.82) is 0 Å². The van der Waals surface area contributed by atoms with Crippen LogP contribution in [0.1, 0.15) is 10.4 Å². The highest BCUT2D eigenvalue weighted by atomic mass is 32.1. The molecule has 8 heteroatoms. The van der Waals surface area contributed by atoms with Crippen LogP contribution in [0.3, 0.4) is 0 Å². The molecule has 0 unspecified atom stereocenters. The van der Waals surface area contributed by atoms with Crippen molar-refractivity contribution >= 4 is 28.1 Å². The maximum absolute atomic E-state index is 12.4. The maximum atomic E-state index is 12.4. The summed E-state index contributed by atoms with van der Waals surface area (Å²) in [7, 11) is 0. The molecule has 1 amide bonds. The Balaban J connectivity index is 1.44. The molecule has 0 radical (unpaired) electrons. The Labute approximate surface area is 175 Å². The molecule has 0 bridgehead atoms. The normalized spacial score (nSPS) is 10.4. The van der Waals surface area contributed by atoms with Gasteiger partial charge in [-0.1, -0.05) is 24.3 Å². The second-order valence-corrected chi connectivity index (χ2v) is 7.10. The fourth-order valence-electron chi connectivity index (χ4n) is 2.71. The number of carbonyl (C=O) groups excluding carboxylic acids is 1. The zero-order valence-corrected chi connectivity index (χ0v) is 16.3. The summed E-state index contributed by atoms with van der Waals surface area (Å²) < 4.78 is 5.78. The highest BCUT2D eigenvalue weighted by Crippen LogP contribution is 2.28. The highest BCUT2D eigenvalue weighted by Gasteiger charge is 2.13. The number of non-ortho nitro benzene ring substituents is 1.